The fourth-order valence-electron chi connectivity index (χ4n) is 1.25. The first-order valence-corrected chi connectivity index (χ1v) is 6.57. The second-order valence-electron chi connectivity index (χ2n) is 3.18. The number of methoxy groups -OCH3 is 2. The van der Waals surface area contributed by atoms with Crippen molar-refractivity contribution in [2.45, 2.75) is 11.2 Å². The van der Waals surface area contributed by atoms with E-state index in [1.165, 1.54) is 4.90 Å². The molecular formula is C12H15BrO2S. The van der Waals surface area contributed by atoms with Crippen molar-refractivity contribution in [3.8, 4) is 0 Å². The molecular weight excluding hydrogens is 288 g/mol. The Morgan fingerprint density at radius 2 is 1.88 bits per heavy atom. The lowest BCUT2D eigenvalue weighted by Gasteiger charge is -2.13. The Hall–Kier alpha value is -0.290. The minimum Gasteiger partial charge on any atom is -0.352 e. The van der Waals surface area contributed by atoms with Crippen molar-refractivity contribution in [1.82, 2.24) is 0 Å². The van der Waals surface area contributed by atoms with E-state index in [2.05, 4.69) is 34.6 Å². The molecule has 1 aromatic carbocycles. The molecule has 0 aliphatic rings. The molecule has 0 aromatic heterocycles. The van der Waals surface area contributed by atoms with Crippen molar-refractivity contribution >= 4 is 27.7 Å². The largest absolute Gasteiger partial charge is 0.352 e. The summed E-state index contributed by atoms with van der Waals surface area (Å²) in [5.41, 5.74) is 1.02. The molecule has 0 aliphatic carbocycles. The van der Waals surface area contributed by atoms with E-state index in [-0.39, 0.29) is 6.29 Å². The Kier molecular flexibility index (Phi) is 6.13. The minimum absolute atomic E-state index is 0.287. The second-order valence-corrected chi connectivity index (χ2v) is 5.35. The van der Waals surface area contributed by atoms with Gasteiger partial charge in [-0.2, -0.15) is 0 Å². The van der Waals surface area contributed by atoms with Gasteiger partial charge in [0.05, 0.1) is 0 Å². The number of rotatable bonds is 6. The number of halogens is 1. The molecule has 0 bridgehead atoms. The Bertz CT molecular complexity index is 333. The van der Waals surface area contributed by atoms with Crippen LogP contribution in [0.1, 0.15) is 11.9 Å². The van der Waals surface area contributed by atoms with Crippen LogP contribution in [0.3, 0.4) is 0 Å². The first-order chi connectivity index (χ1) is 7.67. The van der Waals surface area contributed by atoms with Crippen molar-refractivity contribution in [1.29, 1.82) is 0 Å². The van der Waals surface area contributed by atoms with Crippen molar-refractivity contribution in [3.63, 3.8) is 0 Å². The predicted molar refractivity (Wildman–Crippen MR) is 72.0 cm³/mol. The van der Waals surface area contributed by atoms with Crippen LogP contribution in [-0.4, -0.2) is 20.0 Å². The van der Waals surface area contributed by atoms with Crippen molar-refractivity contribution in [2.24, 2.45) is 0 Å². The fraction of sp³-hybridized carbons (Fsp3) is 0.333. The van der Waals surface area contributed by atoms with Crippen LogP contribution < -0.4 is 0 Å². The smallest absolute Gasteiger partial charge is 0.183 e. The summed E-state index contributed by atoms with van der Waals surface area (Å²) in [5, 5.41) is 0. The normalized spacial score (nSPS) is 10.8. The molecule has 0 fully saturated rings. The second kappa shape index (κ2) is 7.12. The van der Waals surface area contributed by atoms with Gasteiger partial charge in [-0.05, 0) is 16.6 Å². The quantitative estimate of drug-likeness (QED) is 0.585. The van der Waals surface area contributed by atoms with E-state index < -0.39 is 0 Å². The summed E-state index contributed by atoms with van der Waals surface area (Å²) in [4.78, 5) is 1.20. The van der Waals surface area contributed by atoms with Crippen LogP contribution in [0.5, 0.6) is 0 Å². The molecule has 0 spiro atoms. The van der Waals surface area contributed by atoms with Gasteiger partial charge in [0.2, 0.25) is 0 Å². The molecule has 0 saturated heterocycles. The third-order valence-corrected chi connectivity index (χ3v) is 3.73. The van der Waals surface area contributed by atoms with Gasteiger partial charge in [0.15, 0.2) is 6.29 Å². The molecule has 0 heterocycles. The van der Waals surface area contributed by atoms with Gasteiger partial charge in [0.1, 0.15) is 0 Å². The van der Waals surface area contributed by atoms with E-state index in [4.69, 9.17) is 9.47 Å². The molecule has 0 saturated carbocycles. The Morgan fingerprint density at radius 3 is 2.31 bits per heavy atom. The molecule has 16 heavy (non-hydrogen) atoms. The van der Waals surface area contributed by atoms with Gasteiger partial charge in [0.25, 0.3) is 0 Å². The fourth-order valence-corrected chi connectivity index (χ4v) is 2.25. The van der Waals surface area contributed by atoms with Gasteiger partial charge >= 0.3 is 0 Å². The predicted octanol–water partition coefficient (Wildman–Crippen LogP) is 3.98. The van der Waals surface area contributed by atoms with Crippen molar-refractivity contribution < 1.29 is 9.47 Å². The third kappa shape index (κ3) is 4.29. The maximum atomic E-state index is 5.17. The number of ether oxygens (including phenoxy) is 2. The standard InChI is InChI=1S/C12H15BrO2S/c1-9(13)8-16-11-6-4-10(5-7-11)12(14-2)15-3/h4-7,12H,1,8H2,2-3H3. The Morgan fingerprint density at radius 1 is 1.31 bits per heavy atom. The third-order valence-electron chi connectivity index (χ3n) is 1.98. The van der Waals surface area contributed by atoms with Crippen LogP contribution in [0.4, 0.5) is 0 Å². The SMILES string of the molecule is C=C(Br)CSc1ccc(C(OC)OC)cc1. The summed E-state index contributed by atoms with van der Waals surface area (Å²) in [6, 6.07) is 8.13. The van der Waals surface area contributed by atoms with Gasteiger partial charge in [-0.15, -0.1) is 11.8 Å². The van der Waals surface area contributed by atoms with Crippen molar-refractivity contribution in [2.75, 3.05) is 20.0 Å². The highest BCUT2D eigenvalue weighted by Crippen LogP contribution is 2.25. The Balaban J connectivity index is 2.63. The first kappa shape index (κ1) is 13.8. The molecule has 0 radical (unpaired) electrons. The Labute approximate surface area is 109 Å². The summed E-state index contributed by atoms with van der Waals surface area (Å²) in [7, 11) is 3.26. The number of hydrogen-bond acceptors (Lipinski definition) is 3. The van der Waals surface area contributed by atoms with E-state index in [0.717, 1.165) is 15.8 Å². The topological polar surface area (TPSA) is 18.5 Å². The molecule has 0 unspecified atom stereocenters. The first-order valence-electron chi connectivity index (χ1n) is 4.79. The van der Waals surface area contributed by atoms with Crippen LogP contribution in [0.15, 0.2) is 40.2 Å². The zero-order valence-electron chi connectivity index (χ0n) is 9.40. The van der Waals surface area contributed by atoms with Crippen LogP contribution in [0.25, 0.3) is 0 Å². The molecule has 88 valence electrons. The van der Waals surface area contributed by atoms with Crippen LogP contribution >= 0.6 is 27.7 Å². The van der Waals surface area contributed by atoms with E-state index in [9.17, 15) is 0 Å². The lowest BCUT2D eigenvalue weighted by molar-refractivity contribution is -0.106. The highest BCUT2D eigenvalue weighted by atomic mass is 79.9. The minimum atomic E-state index is -0.287. The summed E-state index contributed by atoms with van der Waals surface area (Å²) in [6.45, 7) is 3.80. The zero-order valence-corrected chi connectivity index (χ0v) is 11.8. The summed E-state index contributed by atoms with van der Waals surface area (Å²) < 4.78 is 11.3. The van der Waals surface area contributed by atoms with E-state index in [0.29, 0.717) is 0 Å². The monoisotopic (exact) mass is 302 g/mol. The van der Waals surface area contributed by atoms with Gasteiger partial charge in [-0.3, -0.25) is 0 Å². The van der Waals surface area contributed by atoms with Crippen molar-refractivity contribution in [3.05, 3.63) is 40.9 Å². The number of benzene rings is 1. The number of thioether (sulfide) groups is 1. The highest BCUT2D eigenvalue weighted by Gasteiger charge is 2.07. The zero-order chi connectivity index (χ0) is 12.0. The van der Waals surface area contributed by atoms with E-state index in [1.54, 1.807) is 26.0 Å². The summed E-state index contributed by atoms with van der Waals surface area (Å²) in [5.74, 6) is 0.872. The average Bonchev–Trinajstić information content (AvgIpc) is 2.29. The van der Waals surface area contributed by atoms with Gasteiger partial charge in [-0.25, -0.2) is 0 Å². The van der Waals surface area contributed by atoms with E-state index >= 15 is 0 Å². The summed E-state index contributed by atoms with van der Waals surface area (Å²) >= 11 is 5.07. The lowest BCUT2D eigenvalue weighted by Crippen LogP contribution is -2.02. The van der Waals surface area contributed by atoms with Gasteiger partial charge < -0.3 is 9.47 Å². The maximum absolute atomic E-state index is 5.17. The molecule has 1 aromatic rings. The van der Waals surface area contributed by atoms with Gasteiger partial charge in [0, 0.05) is 30.4 Å². The lowest BCUT2D eigenvalue weighted by atomic mass is 10.2. The molecule has 0 amide bonds. The summed E-state index contributed by atoms with van der Waals surface area (Å²) in [6.07, 6.45) is -0.287. The molecule has 4 heteroatoms. The van der Waals surface area contributed by atoms with E-state index in [1.807, 2.05) is 12.1 Å². The molecule has 2 nitrogen and oxygen atoms in total. The highest BCUT2D eigenvalue weighted by molar-refractivity contribution is 9.11. The average molecular weight is 303 g/mol. The molecule has 0 aliphatic heterocycles. The van der Waals surface area contributed by atoms with Crippen LogP contribution in [0, 0.1) is 0 Å². The molecule has 0 atom stereocenters. The van der Waals surface area contributed by atoms with Crippen LogP contribution in [0.2, 0.25) is 0 Å². The van der Waals surface area contributed by atoms with Gasteiger partial charge in [-0.1, -0.05) is 34.6 Å². The molecule has 1 rings (SSSR count). The number of hydrogen-bond donors (Lipinski definition) is 0. The molecule has 0 N–H and O–H groups in total. The van der Waals surface area contributed by atoms with Crippen LogP contribution in [-0.2, 0) is 9.47 Å². The maximum Gasteiger partial charge on any atom is 0.183 e.